The van der Waals surface area contributed by atoms with Gasteiger partial charge in [0.05, 0.1) is 0 Å². The summed E-state index contributed by atoms with van der Waals surface area (Å²) in [5.41, 5.74) is 0.141. The van der Waals surface area contributed by atoms with Crippen LogP contribution in [0.1, 0.15) is 12.5 Å². The zero-order valence-electron chi connectivity index (χ0n) is 8.72. The number of carbonyl (C=O) groups is 1. The standard InChI is InChI=1S/C9H10AsINO5/c1-5(13)12-9-6(4-11)8(14)3-2-7(9)10(15,16)17/h2-4,14H,1H3,(H,12,13)(H2,15,16,17). The van der Waals surface area contributed by atoms with Crippen LogP contribution in [0.15, 0.2) is 12.1 Å². The predicted octanol–water partition coefficient (Wildman–Crippen LogP) is -0.144. The molecule has 0 aliphatic carbocycles. The van der Waals surface area contributed by atoms with Gasteiger partial charge >= 0.3 is 115 Å². The van der Waals surface area contributed by atoms with Crippen molar-refractivity contribution in [3.05, 3.63) is 22.1 Å². The quantitative estimate of drug-likeness (QED) is 0.407. The van der Waals surface area contributed by atoms with Crippen molar-refractivity contribution in [2.75, 3.05) is 5.32 Å². The van der Waals surface area contributed by atoms with E-state index in [4.69, 9.17) is 0 Å². The summed E-state index contributed by atoms with van der Waals surface area (Å²) in [6.45, 7) is 1.22. The molecule has 1 aromatic rings. The summed E-state index contributed by atoms with van der Waals surface area (Å²) in [4.78, 5) is 11.0. The number of phenols is 1. The Morgan fingerprint density at radius 2 is 2.06 bits per heavy atom. The van der Waals surface area contributed by atoms with Crippen LogP contribution < -0.4 is 9.67 Å². The average Bonchev–Trinajstić information content (AvgIpc) is 2.15. The van der Waals surface area contributed by atoms with Gasteiger partial charge in [-0.1, -0.05) is 0 Å². The Balaban J connectivity index is 3.51. The first-order valence-corrected chi connectivity index (χ1v) is 9.03. The third-order valence-corrected chi connectivity index (χ3v) is 4.65. The summed E-state index contributed by atoms with van der Waals surface area (Å²) in [5, 5.41) is 11.9. The second-order valence-electron chi connectivity index (χ2n) is 3.23. The van der Waals surface area contributed by atoms with E-state index in [1.165, 1.54) is 17.4 Å². The monoisotopic (exact) mass is 414 g/mol. The van der Waals surface area contributed by atoms with Crippen molar-refractivity contribution >= 4 is 52.7 Å². The molecule has 93 valence electrons. The molecular weight excluding hydrogens is 404 g/mol. The van der Waals surface area contributed by atoms with Crippen LogP contribution in [0.5, 0.6) is 5.75 Å². The Morgan fingerprint density at radius 3 is 2.47 bits per heavy atom. The second kappa shape index (κ2) is 5.43. The van der Waals surface area contributed by atoms with E-state index in [-0.39, 0.29) is 21.4 Å². The molecule has 1 radical (unpaired) electrons. The Hall–Kier alpha value is -0.502. The molecule has 0 aliphatic rings. The number of amides is 1. The Bertz CT molecular complexity index is 498. The van der Waals surface area contributed by atoms with Crippen molar-refractivity contribution in [1.29, 1.82) is 0 Å². The van der Waals surface area contributed by atoms with Gasteiger partial charge in [-0.2, -0.15) is 0 Å². The number of hydrogen-bond acceptors (Lipinski definition) is 3. The van der Waals surface area contributed by atoms with Gasteiger partial charge in [-0.3, -0.25) is 0 Å². The summed E-state index contributed by atoms with van der Waals surface area (Å²) in [5.74, 6) is -0.629. The van der Waals surface area contributed by atoms with Crippen LogP contribution in [0.25, 0.3) is 0 Å². The molecule has 0 spiro atoms. The maximum absolute atomic E-state index is 11.3. The van der Waals surface area contributed by atoms with Gasteiger partial charge in [-0.05, 0) is 0 Å². The fraction of sp³-hybridized carbons (Fsp3) is 0.111. The van der Waals surface area contributed by atoms with Crippen LogP contribution >= 0.6 is 22.6 Å². The molecule has 8 heteroatoms. The molecule has 0 atom stereocenters. The molecule has 0 heterocycles. The normalized spacial score (nSPS) is 11.3. The molecule has 4 N–H and O–H groups in total. The number of benzene rings is 1. The molecule has 0 aromatic heterocycles. The van der Waals surface area contributed by atoms with Crippen LogP contribution in [-0.2, 0) is 8.53 Å². The fourth-order valence-electron chi connectivity index (χ4n) is 1.26. The van der Waals surface area contributed by atoms with E-state index in [9.17, 15) is 21.8 Å². The first kappa shape index (κ1) is 14.6. The second-order valence-corrected chi connectivity index (χ2v) is 7.14. The van der Waals surface area contributed by atoms with Crippen molar-refractivity contribution in [3.8, 4) is 5.75 Å². The molecule has 0 aliphatic heterocycles. The molecule has 1 aromatic carbocycles. The zero-order chi connectivity index (χ0) is 13.2. The maximum atomic E-state index is 11.3. The van der Waals surface area contributed by atoms with Gasteiger partial charge < -0.3 is 0 Å². The van der Waals surface area contributed by atoms with Gasteiger partial charge in [0.1, 0.15) is 0 Å². The summed E-state index contributed by atoms with van der Waals surface area (Å²) in [6, 6.07) is 2.30. The third kappa shape index (κ3) is 3.48. The first-order chi connectivity index (χ1) is 7.77. The third-order valence-electron chi connectivity index (χ3n) is 1.92. The number of carbonyl (C=O) groups excluding carboxylic acids is 1. The Morgan fingerprint density at radius 1 is 1.47 bits per heavy atom. The number of rotatable bonds is 3. The van der Waals surface area contributed by atoms with E-state index < -0.39 is 20.1 Å². The molecule has 0 fully saturated rings. The summed E-state index contributed by atoms with van der Waals surface area (Å²) in [7, 11) is 0. The van der Waals surface area contributed by atoms with Crippen molar-refractivity contribution in [1.82, 2.24) is 0 Å². The number of aromatic hydroxyl groups is 1. The average molecular weight is 414 g/mol. The number of hydrogen-bond donors (Lipinski definition) is 4. The molecule has 17 heavy (non-hydrogen) atoms. The Labute approximate surface area is 114 Å². The topological polar surface area (TPSA) is 107 Å². The number of nitrogens with one attached hydrogen (secondary N) is 1. The minimum atomic E-state index is -5.16. The minimum absolute atomic E-state index is 0.0422. The van der Waals surface area contributed by atoms with Gasteiger partial charge in [-0.25, -0.2) is 0 Å². The van der Waals surface area contributed by atoms with Crippen LogP contribution in [0.4, 0.5) is 5.69 Å². The number of halogens is 1. The number of phenolic OH excluding ortho intramolecular Hbond substituents is 1. The van der Waals surface area contributed by atoms with E-state index >= 15 is 0 Å². The van der Waals surface area contributed by atoms with Crippen LogP contribution in [0.2, 0.25) is 0 Å². The molecule has 1 rings (SSSR count). The Kier molecular flexibility index (Phi) is 4.65. The first-order valence-electron chi connectivity index (χ1n) is 4.40. The van der Waals surface area contributed by atoms with Crippen molar-refractivity contribution in [2.45, 2.75) is 6.92 Å². The van der Waals surface area contributed by atoms with Crippen LogP contribution in [-0.4, -0.2) is 33.4 Å². The summed E-state index contributed by atoms with van der Waals surface area (Å²) >= 11 is -3.35. The predicted molar refractivity (Wildman–Crippen MR) is 70.3 cm³/mol. The van der Waals surface area contributed by atoms with E-state index in [1.807, 2.05) is 22.6 Å². The van der Waals surface area contributed by atoms with Gasteiger partial charge in [-0.15, -0.1) is 0 Å². The van der Waals surface area contributed by atoms with Gasteiger partial charge in [0.2, 0.25) is 0 Å². The van der Waals surface area contributed by atoms with Crippen LogP contribution in [0.3, 0.4) is 0 Å². The zero-order valence-corrected chi connectivity index (χ0v) is 12.7. The SMILES string of the molecule is CC(=O)Nc1c([As](=O)(O)O)ccc(O)c1[CH]I. The molecule has 0 saturated carbocycles. The fourth-order valence-corrected chi connectivity index (χ4v) is 3.43. The van der Waals surface area contributed by atoms with Gasteiger partial charge in [0, 0.05) is 0 Å². The van der Waals surface area contributed by atoms with Gasteiger partial charge in [0.15, 0.2) is 0 Å². The van der Waals surface area contributed by atoms with E-state index in [0.29, 0.717) is 0 Å². The molecule has 0 bridgehead atoms. The van der Waals surface area contributed by atoms with E-state index in [2.05, 4.69) is 5.32 Å². The van der Waals surface area contributed by atoms with Crippen molar-refractivity contribution < 1.29 is 21.8 Å². The molecule has 6 nitrogen and oxygen atoms in total. The summed E-state index contributed by atoms with van der Waals surface area (Å²) in [6.07, 6.45) is 0. The summed E-state index contributed by atoms with van der Waals surface area (Å²) < 4.78 is 30.9. The van der Waals surface area contributed by atoms with E-state index in [0.717, 1.165) is 6.07 Å². The van der Waals surface area contributed by atoms with Crippen molar-refractivity contribution in [2.24, 2.45) is 0 Å². The molecule has 0 unspecified atom stereocenters. The molecular formula is C9H10AsINO5. The van der Waals surface area contributed by atoms with E-state index in [1.54, 1.807) is 0 Å². The van der Waals surface area contributed by atoms with Crippen LogP contribution in [0, 0.1) is 4.43 Å². The van der Waals surface area contributed by atoms with Gasteiger partial charge in [0.25, 0.3) is 0 Å². The molecule has 1 amide bonds. The number of anilines is 1. The molecule has 0 saturated heterocycles. The van der Waals surface area contributed by atoms with Crippen molar-refractivity contribution in [3.63, 3.8) is 0 Å².